The first-order valence-electron chi connectivity index (χ1n) is 10.2. The Morgan fingerprint density at radius 2 is 1.75 bits per heavy atom. The highest BCUT2D eigenvalue weighted by molar-refractivity contribution is 5.95. The molecule has 1 N–H and O–H groups in total. The molecule has 2 aliphatic rings. The standard InChI is InChI=1S/C23H28N2O3/c26-22-9-4-6-19(16-22)18-5-3-7-20(15-18)23(27)25-10-2-1-8-21(25)17-24-11-13-28-14-12-24/h3-7,9,15-16,21,26H,1-2,8,10-14,17H2/t21-/m0/s1. The minimum atomic E-state index is 0.111. The molecule has 2 aliphatic heterocycles. The van der Waals surface area contributed by atoms with E-state index in [1.165, 1.54) is 6.42 Å². The van der Waals surface area contributed by atoms with Gasteiger partial charge in [0.2, 0.25) is 0 Å². The molecular weight excluding hydrogens is 352 g/mol. The van der Waals surface area contributed by atoms with Crippen molar-refractivity contribution >= 4 is 5.91 Å². The molecule has 5 heteroatoms. The van der Waals surface area contributed by atoms with Crippen molar-refractivity contribution in [2.45, 2.75) is 25.3 Å². The Hall–Kier alpha value is -2.37. The molecule has 2 fully saturated rings. The number of phenolic OH excluding ortho intramolecular Hbond substituents is 1. The summed E-state index contributed by atoms with van der Waals surface area (Å²) in [7, 11) is 0. The van der Waals surface area contributed by atoms with Gasteiger partial charge in [0, 0.05) is 37.8 Å². The van der Waals surface area contributed by atoms with Gasteiger partial charge in [-0.1, -0.05) is 24.3 Å². The summed E-state index contributed by atoms with van der Waals surface area (Å²) in [6, 6.07) is 15.2. The third-order valence-corrected chi connectivity index (χ3v) is 5.75. The molecular formula is C23H28N2O3. The quantitative estimate of drug-likeness (QED) is 0.883. The third kappa shape index (κ3) is 4.37. The van der Waals surface area contributed by atoms with Crippen LogP contribution in [-0.4, -0.2) is 66.2 Å². The SMILES string of the molecule is O=C(c1cccc(-c2cccc(O)c2)c1)N1CCCC[C@H]1CN1CCOCC1. The predicted octanol–water partition coefficient (Wildman–Crippen LogP) is 3.39. The van der Waals surface area contributed by atoms with E-state index in [0.29, 0.717) is 0 Å². The molecule has 0 radical (unpaired) electrons. The molecule has 2 saturated heterocycles. The fourth-order valence-electron chi connectivity index (χ4n) is 4.22. The lowest BCUT2D eigenvalue weighted by atomic mass is 9.98. The van der Waals surface area contributed by atoms with Gasteiger partial charge < -0.3 is 14.7 Å². The van der Waals surface area contributed by atoms with Crippen LogP contribution in [0.5, 0.6) is 5.75 Å². The first-order chi connectivity index (χ1) is 13.7. The summed E-state index contributed by atoms with van der Waals surface area (Å²) < 4.78 is 5.46. The first kappa shape index (κ1) is 19.0. The van der Waals surface area contributed by atoms with E-state index in [4.69, 9.17) is 4.74 Å². The number of hydrogen-bond donors (Lipinski definition) is 1. The second-order valence-electron chi connectivity index (χ2n) is 7.69. The van der Waals surface area contributed by atoms with Crippen LogP contribution in [0.25, 0.3) is 11.1 Å². The average molecular weight is 380 g/mol. The van der Waals surface area contributed by atoms with Crippen LogP contribution >= 0.6 is 0 Å². The smallest absolute Gasteiger partial charge is 0.254 e. The Balaban J connectivity index is 1.52. The van der Waals surface area contributed by atoms with Crippen molar-refractivity contribution in [2.24, 2.45) is 0 Å². The number of morpholine rings is 1. The molecule has 0 saturated carbocycles. The van der Waals surface area contributed by atoms with Crippen LogP contribution < -0.4 is 0 Å². The Morgan fingerprint density at radius 3 is 2.54 bits per heavy atom. The number of rotatable bonds is 4. The summed E-state index contributed by atoms with van der Waals surface area (Å²) in [5, 5.41) is 9.76. The summed E-state index contributed by atoms with van der Waals surface area (Å²) in [4.78, 5) is 17.8. The molecule has 0 aliphatic carbocycles. The summed E-state index contributed by atoms with van der Waals surface area (Å²) >= 11 is 0. The number of amides is 1. The van der Waals surface area contributed by atoms with Crippen molar-refractivity contribution < 1.29 is 14.6 Å². The minimum Gasteiger partial charge on any atom is -0.508 e. The molecule has 2 aromatic carbocycles. The number of nitrogens with zero attached hydrogens (tertiary/aromatic N) is 2. The molecule has 2 heterocycles. The van der Waals surface area contributed by atoms with E-state index in [9.17, 15) is 9.90 Å². The molecule has 0 aromatic heterocycles. The van der Waals surface area contributed by atoms with Crippen LogP contribution in [0.1, 0.15) is 29.6 Å². The highest BCUT2D eigenvalue weighted by Crippen LogP contribution is 2.26. The number of piperidine rings is 1. The molecule has 4 rings (SSSR count). The highest BCUT2D eigenvalue weighted by Gasteiger charge is 2.29. The number of likely N-dealkylation sites (tertiary alicyclic amines) is 1. The summed E-state index contributed by atoms with van der Waals surface area (Å²) in [5.74, 6) is 0.343. The number of benzene rings is 2. The normalized spacial score (nSPS) is 20.9. The van der Waals surface area contributed by atoms with E-state index < -0.39 is 0 Å². The van der Waals surface area contributed by atoms with Crippen molar-refractivity contribution in [3.63, 3.8) is 0 Å². The number of hydrogen-bond acceptors (Lipinski definition) is 4. The monoisotopic (exact) mass is 380 g/mol. The number of ether oxygens (including phenoxy) is 1. The van der Waals surface area contributed by atoms with Crippen LogP contribution in [0, 0.1) is 0 Å². The summed E-state index contributed by atoms with van der Waals surface area (Å²) in [6.07, 6.45) is 3.31. The lowest BCUT2D eigenvalue weighted by Crippen LogP contribution is -2.51. The van der Waals surface area contributed by atoms with E-state index in [0.717, 1.165) is 68.9 Å². The summed E-state index contributed by atoms with van der Waals surface area (Å²) in [5.41, 5.74) is 2.58. The molecule has 0 unspecified atom stereocenters. The molecule has 2 aromatic rings. The largest absolute Gasteiger partial charge is 0.508 e. The predicted molar refractivity (Wildman–Crippen MR) is 109 cm³/mol. The zero-order chi connectivity index (χ0) is 19.3. The number of carbonyl (C=O) groups excluding carboxylic acids is 1. The zero-order valence-electron chi connectivity index (χ0n) is 16.2. The van der Waals surface area contributed by atoms with E-state index in [1.54, 1.807) is 12.1 Å². The van der Waals surface area contributed by atoms with E-state index >= 15 is 0 Å². The zero-order valence-corrected chi connectivity index (χ0v) is 16.2. The number of aromatic hydroxyl groups is 1. The van der Waals surface area contributed by atoms with Gasteiger partial charge in [-0.15, -0.1) is 0 Å². The molecule has 1 atom stereocenters. The van der Waals surface area contributed by atoms with Gasteiger partial charge in [0.25, 0.3) is 5.91 Å². The molecule has 5 nitrogen and oxygen atoms in total. The van der Waals surface area contributed by atoms with Crippen LogP contribution in [0.4, 0.5) is 0 Å². The molecule has 28 heavy (non-hydrogen) atoms. The van der Waals surface area contributed by atoms with Crippen molar-refractivity contribution in [3.05, 3.63) is 54.1 Å². The molecule has 1 amide bonds. The van der Waals surface area contributed by atoms with Crippen molar-refractivity contribution in [3.8, 4) is 16.9 Å². The maximum atomic E-state index is 13.3. The molecule has 0 bridgehead atoms. The van der Waals surface area contributed by atoms with Crippen LogP contribution in [0.2, 0.25) is 0 Å². The Bertz CT molecular complexity index is 817. The van der Waals surface area contributed by atoms with Crippen LogP contribution in [0.15, 0.2) is 48.5 Å². The van der Waals surface area contributed by atoms with Gasteiger partial charge in [-0.25, -0.2) is 0 Å². The van der Waals surface area contributed by atoms with E-state index in [-0.39, 0.29) is 17.7 Å². The molecule has 0 spiro atoms. The van der Waals surface area contributed by atoms with E-state index in [1.807, 2.05) is 36.4 Å². The van der Waals surface area contributed by atoms with Gasteiger partial charge in [0.05, 0.1) is 13.2 Å². The number of phenols is 1. The van der Waals surface area contributed by atoms with Gasteiger partial charge >= 0.3 is 0 Å². The van der Waals surface area contributed by atoms with Gasteiger partial charge in [-0.05, 0) is 54.7 Å². The topological polar surface area (TPSA) is 53.0 Å². The number of carbonyl (C=O) groups is 1. The van der Waals surface area contributed by atoms with Crippen molar-refractivity contribution in [2.75, 3.05) is 39.4 Å². The lowest BCUT2D eigenvalue weighted by Gasteiger charge is -2.39. The second kappa shape index (κ2) is 8.76. The highest BCUT2D eigenvalue weighted by atomic mass is 16.5. The van der Waals surface area contributed by atoms with Gasteiger partial charge in [0.15, 0.2) is 0 Å². The minimum absolute atomic E-state index is 0.111. The van der Waals surface area contributed by atoms with Crippen molar-refractivity contribution in [1.29, 1.82) is 0 Å². The average Bonchev–Trinajstić information content (AvgIpc) is 2.74. The maximum Gasteiger partial charge on any atom is 0.254 e. The first-order valence-corrected chi connectivity index (χ1v) is 10.2. The maximum absolute atomic E-state index is 13.3. The van der Waals surface area contributed by atoms with Crippen molar-refractivity contribution in [1.82, 2.24) is 9.80 Å². The van der Waals surface area contributed by atoms with Crippen LogP contribution in [-0.2, 0) is 4.74 Å². The third-order valence-electron chi connectivity index (χ3n) is 5.75. The Morgan fingerprint density at radius 1 is 1.00 bits per heavy atom. The van der Waals surface area contributed by atoms with Gasteiger partial charge in [-0.3, -0.25) is 9.69 Å². The molecule has 148 valence electrons. The van der Waals surface area contributed by atoms with Gasteiger partial charge in [-0.2, -0.15) is 0 Å². The van der Waals surface area contributed by atoms with Gasteiger partial charge in [0.1, 0.15) is 5.75 Å². The van der Waals surface area contributed by atoms with Crippen LogP contribution in [0.3, 0.4) is 0 Å². The van der Waals surface area contributed by atoms with E-state index in [2.05, 4.69) is 9.80 Å². The second-order valence-corrected chi connectivity index (χ2v) is 7.69. The Labute approximate surface area is 166 Å². The fourth-order valence-corrected chi connectivity index (χ4v) is 4.22. The fraction of sp³-hybridized carbons (Fsp3) is 0.435. The summed E-state index contributed by atoms with van der Waals surface area (Å²) in [6.45, 7) is 5.22. The Kier molecular flexibility index (Phi) is 5.93. The lowest BCUT2D eigenvalue weighted by molar-refractivity contribution is 0.0166.